The van der Waals surface area contributed by atoms with Gasteiger partial charge in [-0.3, -0.25) is 19.1 Å². The Morgan fingerprint density at radius 3 is 2.48 bits per heavy atom. The van der Waals surface area contributed by atoms with Crippen LogP contribution in [-0.4, -0.2) is 28.6 Å². The normalized spacial score (nSPS) is 10.8. The van der Waals surface area contributed by atoms with Gasteiger partial charge >= 0.3 is 5.69 Å². The number of ether oxygens (including phenoxy) is 1. The van der Waals surface area contributed by atoms with E-state index >= 15 is 0 Å². The molecule has 8 nitrogen and oxygen atoms in total. The molecule has 0 unspecified atom stereocenters. The molecule has 0 spiro atoms. The first-order valence-electron chi connectivity index (χ1n) is 10.9. The van der Waals surface area contributed by atoms with Gasteiger partial charge in [-0.15, -0.1) is 0 Å². The summed E-state index contributed by atoms with van der Waals surface area (Å²) in [5, 5.41) is 0. The van der Waals surface area contributed by atoms with Crippen LogP contribution in [0.25, 0.3) is 0 Å². The van der Waals surface area contributed by atoms with Crippen LogP contribution in [0.1, 0.15) is 57.1 Å². The Balaban J connectivity index is 2.35. The summed E-state index contributed by atoms with van der Waals surface area (Å²) in [5.41, 5.74) is 7.05. The number of anilines is 2. The predicted octanol–water partition coefficient (Wildman–Crippen LogP) is 3.14. The second-order valence-corrected chi connectivity index (χ2v) is 7.81. The second-order valence-electron chi connectivity index (χ2n) is 7.81. The number of nitrogens with zero attached hydrogens (tertiary/aromatic N) is 2. The Hall–Kier alpha value is -3.03. The molecule has 1 aromatic carbocycles. The molecular weight excluding hydrogens is 396 g/mol. The number of nitrogen functional groups attached to an aromatic ring is 1. The van der Waals surface area contributed by atoms with Gasteiger partial charge in [-0.05, 0) is 38.3 Å². The highest BCUT2D eigenvalue weighted by atomic mass is 16.5. The van der Waals surface area contributed by atoms with Crippen molar-refractivity contribution < 1.29 is 9.53 Å². The van der Waals surface area contributed by atoms with Gasteiger partial charge in [-0.1, -0.05) is 50.8 Å². The number of aromatic nitrogens is 2. The number of aryl methyl sites for hydroxylation is 2. The van der Waals surface area contributed by atoms with Crippen LogP contribution in [0.15, 0.2) is 27.8 Å². The molecule has 0 fully saturated rings. The average molecular weight is 431 g/mol. The Bertz CT molecular complexity index is 1010. The van der Waals surface area contributed by atoms with Crippen LogP contribution in [-0.2, 0) is 11.3 Å². The molecule has 0 aliphatic heterocycles. The maximum absolute atomic E-state index is 13.1. The molecule has 0 saturated heterocycles. The lowest BCUT2D eigenvalue weighted by molar-refractivity contribution is -0.120. The number of nitrogens with one attached hydrogen (secondary N) is 1. The molecule has 0 bridgehead atoms. The number of carbonyl (C=O) groups is 1. The van der Waals surface area contributed by atoms with Crippen molar-refractivity contribution in [1.29, 1.82) is 0 Å². The van der Waals surface area contributed by atoms with Crippen LogP contribution in [0, 0.1) is 13.8 Å². The van der Waals surface area contributed by atoms with Crippen molar-refractivity contribution in [2.45, 2.75) is 66.3 Å². The third-order valence-corrected chi connectivity index (χ3v) is 5.19. The van der Waals surface area contributed by atoms with Crippen molar-refractivity contribution in [3.05, 3.63) is 50.2 Å². The van der Waals surface area contributed by atoms with Crippen molar-refractivity contribution in [1.82, 2.24) is 9.55 Å². The first kappa shape index (κ1) is 24.2. The predicted molar refractivity (Wildman–Crippen MR) is 124 cm³/mol. The maximum atomic E-state index is 13.1. The van der Waals surface area contributed by atoms with E-state index in [4.69, 9.17) is 10.5 Å². The molecule has 170 valence electrons. The number of aromatic amines is 1. The Morgan fingerprint density at radius 1 is 1.13 bits per heavy atom. The van der Waals surface area contributed by atoms with Crippen LogP contribution in [0.4, 0.5) is 11.5 Å². The lowest BCUT2D eigenvalue weighted by Gasteiger charge is -2.25. The second kappa shape index (κ2) is 11.4. The fourth-order valence-electron chi connectivity index (χ4n) is 3.44. The monoisotopic (exact) mass is 430 g/mol. The van der Waals surface area contributed by atoms with Crippen molar-refractivity contribution in [2.24, 2.45) is 0 Å². The van der Waals surface area contributed by atoms with E-state index in [1.54, 1.807) is 0 Å². The highest BCUT2D eigenvalue weighted by molar-refractivity contribution is 5.96. The van der Waals surface area contributed by atoms with Crippen LogP contribution < -0.4 is 26.6 Å². The van der Waals surface area contributed by atoms with Crippen LogP contribution in [0.2, 0.25) is 0 Å². The minimum atomic E-state index is -0.661. The molecule has 1 heterocycles. The molecule has 1 amide bonds. The van der Waals surface area contributed by atoms with Crippen LogP contribution >= 0.6 is 0 Å². The molecule has 3 N–H and O–H groups in total. The molecule has 0 aliphatic carbocycles. The van der Waals surface area contributed by atoms with Crippen molar-refractivity contribution in [3.8, 4) is 5.75 Å². The van der Waals surface area contributed by atoms with Crippen molar-refractivity contribution >= 4 is 17.4 Å². The molecule has 0 radical (unpaired) electrons. The minimum absolute atomic E-state index is 0.0126. The Labute approximate surface area is 183 Å². The lowest BCUT2D eigenvalue weighted by Crippen LogP contribution is -2.43. The van der Waals surface area contributed by atoms with E-state index in [1.807, 2.05) is 39.0 Å². The average Bonchev–Trinajstić information content (AvgIpc) is 2.71. The van der Waals surface area contributed by atoms with Gasteiger partial charge in [0, 0.05) is 13.1 Å². The number of hydrogen-bond donors (Lipinski definition) is 2. The first-order chi connectivity index (χ1) is 14.8. The topological polar surface area (TPSA) is 110 Å². The Kier molecular flexibility index (Phi) is 8.90. The van der Waals surface area contributed by atoms with Gasteiger partial charge < -0.3 is 15.4 Å². The van der Waals surface area contributed by atoms with E-state index in [-0.39, 0.29) is 24.0 Å². The van der Waals surface area contributed by atoms with Crippen molar-refractivity contribution in [2.75, 3.05) is 23.8 Å². The maximum Gasteiger partial charge on any atom is 0.330 e. The summed E-state index contributed by atoms with van der Waals surface area (Å²) in [6.07, 6.45) is 4.16. The van der Waals surface area contributed by atoms with E-state index in [1.165, 1.54) is 9.47 Å². The SMILES string of the molecule is CCCCCN(C(=O)COc1ccc(C)cc1C)c1c(N)n(CCCC)c(=O)[nH]c1=O. The summed E-state index contributed by atoms with van der Waals surface area (Å²) in [6, 6.07) is 5.72. The number of benzene rings is 1. The number of hydrogen-bond acceptors (Lipinski definition) is 5. The number of amides is 1. The zero-order valence-corrected chi connectivity index (χ0v) is 19.0. The van der Waals surface area contributed by atoms with Crippen LogP contribution in [0.5, 0.6) is 5.75 Å². The molecule has 0 atom stereocenters. The number of carbonyl (C=O) groups excluding carboxylic acids is 1. The fraction of sp³-hybridized carbons (Fsp3) is 0.522. The quantitative estimate of drug-likeness (QED) is 0.532. The summed E-state index contributed by atoms with van der Waals surface area (Å²) in [5.74, 6) is 0.245. The van der Waals surface area contributed by atoms with E-state index in [0.29, 0.717) is 25.3 Å². The van der Waals surface area contributed by atoms with Crippen molar-refractivity contribution in [3.63, 3.8) is 0 Å². The molecule has 0 saturated carbocycles. The van der Waals surface area contributed by atoms with Gasteiger partial charge in [0.15, 0.2) is 12.3 Å². The minimum Gasteiger partial charge on any atom is -0.483 e. The summed E-state index contributed by atoms with van der Waals surface area (Å²) in [7, 11) is 0. The third-order valence-electron chi connectivity index (χ3n) is 5.19. The number of unbranched alkanes of at least 4 members (excludes halogenated alkanes) is 3. The van der Waals surface area contributed by atoms with Gasteiger partial charge in [0.05, 0.1) is 0 Å². The van der Waals surface area contributed by atoms with E-state index in [0.717, 1.165) is 36.8 Å². The molecular formula is C23H34N4O4. The summed E-state index contributed by atoms with van der Waals surface area (Å²) in [4.78, 5) is 41.7. The molecule has 8 heteroatoms. The number of rotatable bonds is 11. The standard InChI is InChI=1S/C23H34N4O4/c1-5-7-9-13-26(19(28)15-31-18-11-10-16(3)14-17(18)4)20-21(24)27(12-8-6-2)23(30)25-22(20)29/h10-11,14H,5-9,12-13,15,24H2,1-4H3,(H,25,29,30). The van der Waals surface area contributed by atoms with Gasteiger partial charge in [-0.25, -0.2) is 4.79 Å². The van der Waals surface area contributed by atoms with Gasteiger partial charge in [0.2, 0.25) is 0 Å². The zero-order chi connectivity index (χ0) is 23.0. The molecule has 2 rings (SSSR count). The zero-order valence-electron chi connectivity index (χ0n) is 19.0. The highest BCUT2D eigenvalue weighted by Crippen LogP contribution is 2.21. The van der Waals surface area contributed by atoms with E-state index < -0.39 is 11.2 Å². The summed E-state index contributed by atoms with van der Waals surface area (Å²) < 4.78 is 7.07. The number of nitrogens with two attached hydrogens (primary N) is 1. The summed E-state index contributed by atoms with van der Waals surface area (Å²) in [6.45, 7) is 8.42. The molecule has 2 aromatic rings. The molecule has 31 heavy (non-hydrogen) atoms. The third kappa shape index (κ3) is 6.23. The molecule has 1 aromatic heterocycles. The van der Waals surface area contributed by atoms with Gasteiger partial charge in [0.25, 0.3) is 11.5 Å². The highest BCUT2D eigenvalue weighted by Gasteiger charge is 2.24. The number of H-pyrrole nitrogens is 1. The van der Waals surface area contributed by atoms with Crippen LogP contribution in [0.3, 0.4) is 0 Å². The smallest absolute Gasteiger partial charge is 0.330 e. The molecule has 0 aliphatic rings. The largest absolute Gasteiger partial charge is 0.483 e. The Morgan fingerprint density at radius 2 is 1.84 bits per heavy atom. The van der Waals surface area contributed by atoms with E-state index in [2.05, 4.69) is 11.9 Å². The van der Waals surface area contributed by atoms with E-state index in [9.17, 15) is 14.4 Å². The van der Waals surface area contributed by atoms with Gasteiger partial charge in [-0.2, -0.15) is 0 Å². The summed E-state index contributed by atoms with van der Waals surface area (Å²) >= 11 is 0. The van der Waals surface area contributed by atoms with Gasteiger partial charge in [0.1, 0.15) is 11.6 Å². The lowest BCUT2D eigenvalue weighted by atomic mass is 10.1. The fourth-order valence-corrected chi connectivity index (χ4v) is 3.44. The first-order valence-corrected chi connectivity index (χ1v) is 10.9.